The van der Waals surface area contributed by atoms with Gasteiger partial charge in [0.15, 0.2) is 6.61 Å². The van der Waals surface area contributed by atoms with Crippen molar-refractivity contribution in [1.29, 1.82) is 0 Å². The Balaban J connectivity index is 1.46. The van der Waals surface area contributed by atoms with Gasteiger partial charge in [-0.2, -0.15) is 0 Å². The molecule has 0 N–H and O–H groups in total. The zero-order chi connectivity index (χ0) is 19.4. The number of hydrogen-bond donors (Lipinski definition) is 0. The highest BCUT2D eigenvalue weighted by atomic mass is 35.5. The first-order chi connectivity index (χ1) is 12.9. The first-order valence-corrected chi connectivity index (χ1v) is 9.91. The number of hydrogen-bond acceptors (Lipinski definition) is 4. The van der Waals surface area contributed by atoms with Crippen molar-refractivity contribution in [2.75, 3.05) is 32.8 Å². The fraction of sp³-hybridized carbons (Fsp3) is 0.600. The highest BCUT2D eigenvalue weighted by Crippen LogP contribution is 2.24. The molecule has 7 heteroatoms. The molecule has 2 atom stereocenters. The van der Waals surface area contributed by atoms with Crippen molar-refractivity contribution in [2.45, 2.75) is 38.9 Å². The number of morpholine rings is 1. The van der Waals surface area contributed by atoms with Gasteiger partial charge in [0.25, 0.3) is 5.91 Å². The zero-order valence-electron chi connectivity index (χ0n) is 15.9. The number of carbonyl (C=O) groups excluding carboxylic acids is 2. The number of rotatable bonds is 4. The summed E-state index contributed by atoms with van der Waals surface area (Å²) in [4.78, 5) is 28.9. The first kappa shape index (κ1) is 20.0. The Kier molecular flexibility index (Phi) is 6.60. The zero-order valence-corrected chi connectivity index (χ0v) is 16.7. The molecule has 2 saturated heterocycles. The number of para-hydroxylation sites is 1. The molecule has 148 valence electrons. The molecule has 2 fully saturated rings. The molecular formula is C20H27ClN2O4. The lowest BCUT2D eigenvalue weighted by Crippen LogP contribution is -2.52. The Hall–Kier alpha value is -1.79. The van der Waals surface area contributed by atoms with Crippen molar-refractivity contribution < 1.29 is 19.1 Å². The van der Waals surface area contributed by atoms with Gasteiger partial charge in [0.1, 0.15) is 5.75 Å². The lowest BCUT2D eigenvalue weighted by molar-refractivity contribution is -0.150. The molecule has 2 amide bonds. The van der Waals surface area contributed by atoms with E-state index >= 15 is 0 Å². The number of amides is 2. The third-order valence-corrected chi connectivity index (χ3v) is 5.43. The topological polar surface area (TPSA) is 59.1 Å². The number of halogens is 1. The van der Waals surface area contributed by atoms with E-state index in [0.717, 1.165) is 0 Å². The van der Waals surface area contributed by atoms with E-state index in [4.69, 9.17) is 21.1 Å². The van der Waals surface area contributed by atoms with Gasteiger partial charge >= 0.3 is 0 Å². The van der Waals surface area contributed by atoms with Crippen molar-refractivity contribution in [3.8, 4) is 5.75 Å². The van der Waals surface area contributed by atoms with E-state index in [1.807, 2.05) is 30.9 Å². The smallest absolute Gasteiger partial charge is 0.260 e. The maximum absolute atomic E-state index is 12.8. The van der Waals surface area contributed by atoms with Crippen molar-refractivity contribution in [3.05, 3.63) is 29.3 Å². The molecule has 6 nitrogen and oxygen atoms in total. The van der Waals surface area contributed by atoms with E-state index in [2.05, 4.69) is 0 Å². The van der Waals surface area contributed by atoms with Gasteiger partial charge in [-0.3, -0.25) is 9.59 Å². The Morgan fingerprint density at radius 1 is 1.11 bits per heavy atom. The van der Waals surface area contributed by atoms with E-state index in [0.29, 0.717) is 49.8 Å². The third kappa shape index (κ3) is 5.14. The summed E-state index contributed by atoms with van der Waals surface area (Å²) in [7, 11) is 0. The molecule has 0 spiro atoms. The van der Waals surface area contributed by atoms with Gasteiger partial charge in [0.05, 0.1) is 17.2 Å². The van der Waals surface area contributed by atoms with Crippen LogP contribution in [0.1, 0.15) is 26.7 Å². The van der Waals surface area contributed by atoms with Gasteiger partial charge in [-0.1, -0.05) is 23.7 Å². The minimum absolute atomic E-state index is 0.0176. The summed E-state index contributed by atoms with van der Waals surface area (Å²) >= 11 is 6.04. The highest BCUT2D eigenvalue weighted by Gasteiger charge is 2.33. The normalized spacial score (nSPS) is 24.0. The fourth-order valence-corrected chi connectivity index (χ4v) is 3.97. The van der Waals surface area contributed by atoms with Crippen molar-refractivity contribution in [1.82, 2.24) is 9.80 Å². The number of carbonyl (C=O) groups is 2. The molecule has 1 aromatic carbocycles. The van der Waals surface area contributed by atoms with Gasteiger partial charge in [-0.05, 0) is 38.8 Å². The number of piperidine rings is 1. The Morgan fingerprint density at radius 2 is 1.74 bits per heavy atom. The second kappa shape index (κ2) is 8.93. The summed E-state index contributed by atoms with van der Waals surface area (Å²) in [5.74, 6) is 0.607. The third-order valence-electron chi connectivity index (χ3n) is 5.12. The maximum atomic E-state index is 12.8. The molecule has 27 heavy (non-hydrogen) atoms. The maximum Gasteiger partial charge on any atom is 0.260 e. The second-order valence-electron chi connectivity index (χ2n) is 7.37. The quantitative estimate of drug-likeness (QED) is 0.787. The first-order valence-electron chi connectivity index (χ1n) is 9.53. The minimum Gasteiger partial charge on any atom is -0.482 e. The summed E-state index contributed by atoms with van der Waals surface area (Å²) in [5, 5.41) is 0.489. The molecule has 0 aliphatic carbocycles. The van der Waals surface area contributed by atoms with Crippen LogP contribution < -0.4 is 4.74 Å². The van der Waals surface area contributed by atoms with E-state index in [1.54, 1.807) is 17.0 Å². The van der Waals surface area contributed by atoms with Gasteiger partial charge in [-0.25, -0.2) is 0 Å². The molecule has 2 aliphatic rings. The van der Waals surface area contributed by atoms with Gasteiger partial charge < -0.3 is 19.3 Å². The fourth-order valence-electron chi connectivity index (χ4n) is 3.78. The molecule has 0 aromatic heterocycles. The summed E-state index contributed by atoms with van der Waals surface area (Å²) in [6.07, 6.45) is 1.52. The minimum atomic E-state index is -0.0746. The summed E-state index contributed by atoms with van der Waals surface area (Å²) in [6.45, 7) is 6.41. The van der Waals surface area contributed by atoms with Crippen LogP contribution in [0.25, 0.3) is 0 Å². The van der Waals surface area contributed by atoms with Gasteiger partial charge in [0.2, 0.25) is 5.91 Å². The van der Waals surface area contributed by atoms with Crippen LogP contribution >= 0.6 is 11.6 Å². The van der Waals surface area contributed by atoms with Crippen LogP contribution in [0.4, 0.5) is 0 Å². The number of ether oxygens (including phenoxy) is 2. The summed E-state index contributed by atoms with van der Waals surface area (Å²) in [5.41, 5.74) is 0. The molecule has 0 radical (unpaired) electrons. The lowest BCUT2D eigenvalue weighted by atomic mass is 9.94. The Morgan fingerprint density at radius 3 is 2.37 bits per heavy atom. The van der Waals surface area contributed by atoms with Gasteiger partial charge in [-0.15, -0.1) is 0 Å². The molecule has 0 saturated carbocycles. The number of nitrogens with zero attached hydrogens (tertiary/aromatic N) is 2. The van der Waals surface area contributed by atoms with E-state index in [1.165, 1.54) is 0 Å². The molecule has 1 aromatic rings. The SMILES string of the molecule is C[C@@H]1CN(C(=O)C2CCN(C(=O)COc3ccccc3Cl)CC2)C[C@@H](C)O1. The average molecular weight is 395 g/mol. The van der Waals surface area contributed by atoms with Crippen LogP contribution in [0.5, 0.6) is 5.75 Å². The van der Waals surface area contributed by atoms with Gasteiger partial charge in [0, 0.05) is 32.1 Å². The number of benzene rings is 1. The molecule has 0 unspecified atom stereocenters. The Labute approximate surface area is 165 Å². The predicted molar refractivity (Wildman–Crippen MR) is 103 cm³/mol. The van der Waals surface area contributed by atoms with Crippen LogP contribution in [0, 0.1) is 5.92 Å². The number of likely N-dealkylation sites (tertiary alicyclic amines) is 1. The second-order valence-corrected chi connectivity index (χ2v) is 7.78. The van der Waals surface area contributed by atoms with Crippen LogP contribution in [-0.4, -0.2) is 66.6 Å². The molecule has 0 bridgehead atoms. The van der Waals surface area contributed by atoms with Crippen molar-refractivity contribution in [3.63, 3.8) is 0 Å². The van der Waals surface area contributed by atoms with Crippen LogP contribution in [-0.2, 0) is 14.3 Å². The van der Waals surface area contributed by atoms with Crippen LogP contribution in [0.15, 0.2) is 24.3 Å². The van der Waals surface area contributed by atoms with E-state index in [-0.39, 0.29) is 36.5 Å². The predicted octanol–water partition coefficient (Wildman–Crippen LogP) is 2.59. The molecule has 3 rings (SSSR count). The lowest BCUT2D eigenvalue weighted by Gasteiger charge is -2.39. The molecular weight excluding hydrogens is 368 g/mol. The van der Waals surface area contributed by atoms with E-state index in [9.17, 15) is 9.59 Å². The van der Waals surface area contributed by atoms with E-state index < -0.39 is 0 Å². The van der Waals surface area contributed by atoms with Crippen LogP contribution in [0.2, 0.25) is 5.02 Å². The molecule has 2 heterocycles. The standard InChI is InChI=1S/C20H27ClN2O4/c1-14-11-23(12-15(2)27-14)20(25)16-7-9-22(10-8-16)19(24)13-26-18-6-4-3-5-17(18)21/h3-6,14-16H,7-13H2,1-2H3/t14-,15-/m1/s1. The summed E-state index contributed by atoms with van der Waals surface area (Å²) in [6, 6.07) is 7.10. The van der Waals surface area contributed by atoms with Crippen molar-refractivity contribution >= 4 is 23.4 Å². The monoisotopic (exact) mass is 394 g/mol. The van der Waals surface area contributed by atoms with Crippen LogP contribution in [0.3, 0.4) is 0 Å². The Bertz CT molecular complexity index is 666. The van der Waals surface area contributed by atoms with Crippen molar-refractivity contribution in [2.24, 2.45) is 5.92 Å². The highest BCUT2D eigenvalue weighted by molar-refractivity contribution is 6.32. The average Bonchev–Trinajstić information content (AvgIpc) is 2.66. The largest absolute Gasteiger partial charge is 0.482 e. The molecule has 2 aliphatic heterocycles. The summed E-state index contributed by atoms with van der Waals surface area (Å²) < 4.78 is 11.2.